The topological polar surface area (TPSA) is 50.2 Å². The van der Waals surface area contributed by atoms with Crippen LogP contribution in [-0.2, 0) is 12.8 Å². The lowest BCUT2D eigenvalue weighted by molar-refractivity contribution is 0.0697. The molecule has 0 saturated heterocycles. The number of pyridine rings is 1. The maximum absolute atomic E-state index is 11.8. The first-order chi connectivity index (χ1) is 10.1. The van der Waals surface area contributed by atoms with Crippen molar-refractivity contribution in [3.63, 3.8) is 0 Å². The highest BCUT2D eigenvalue weighted by Gasteiger charge is 2.23. The number of aryl methyl sites for hydroxylation is 1. The van der Waals surface area contributed by atoms with Gasteiger partial charge in [-0.05, 0) is 43.4 Å². The predicted molar refractivity (Wildman–Crippen MR) is 84.6 cm³/mol. The molecule has 110 valence electrons. The van der Waals surface area contributed by atoms with E-state index in [0.717, 1.165) is 49.8 Å². The predicted octanol–water partition coefficient (Wildman–Crippen LogP) is 4.90. The summed E-state index contributed by atoms with van der Waals surface area (Å²) in [7, 11) is 0. The minimum atomic E-state index is -0.955. The van der Waals surface area contributed by atoms with Crippen LogP contribution in [0.2, 0.25) is 10.0 Å². The molecule has 0 radical (unpaired) electrons. The minimum Gasteiger partial charge on any atom is -0.478 e. The molecular formula is C16H15Cl2NO2. The fourth-order valence-corrected chi connectivity index (χ4v) is 3.49. The third kappa shape index (κ3) is 2.60. The third-order valence-electron chi connectivity index (χ3n) is 4.03. The molecule has 3 rings (SSSR count). The summed E-state index contributed by atoms with van der Waals surface area (Å²) in [5.41, 5.74) is 2.48. The number of carboxylic acids is 1. The first-order valence-corrected chi connectivity index (χ1v) is 7.88. The van der Waals surface area contributed by atoms with Crippen LogP contribution < -0.4 is 0 Å². The summed E-state index contributed by atoms with van der Waals surface area (Å²) in [6.45, 7) is 0. The van der Waals surface area contributed by atoms with Gasteiger partial charge in [0.05, 0.1) is 21.1 Å². The van der Waals surface area contributed by atoms with Crippen molar-refractivity contribution in [1.29, 1.82) is 0 Å². The number of hydrogen-bond acceptors (Lipinski definition) is 2. The molecule has 1 heterocycles. The molecule has 0 unspecified atom stereocenters. The van der Waals surface area contributed by atoms with Gasteiger partial charge in [-0.25, -0.2) is 4.79 Å². The van der Waals surface area contributed by atoms with Crippen LogP contribution in [0.3, 0.4) is 0 Å². The van der Waals surface area contributed by atoms with Gasteiger partial charge in [0, 0.05) is 11.1 Å². The first kappa shape index (κ1) is 14.6. The molecule has 0 atom stereocenters. The molecule has 1 aromatic carbocycles. The molecule has 0 bridgehead atoms. The van der Waals surface area contributed by atoms with Crippen molar-refractivity contribution in [3.8, 4) is 0 Å². The SMILES string of the molecule is O=C(O)c1c2c(nc3c(Cl)ccc(Cl)c13)CCCCCC2. The fourth-order valence-electron chi connectivity index (χ4n) is 3.05. The summed E-state index contributed by atoms with van der Waals surface area (Å²) in [5, 5.41) is 11.0. The molecule has 0 saturated carbocycles. The van der Waals surface area contributed by atoms with Crippen molar-refractivity contribution in [2.45, 2.75) is 38.5 Å². The quantitative estimate of drug-likeness (QED) is 0.812. The average molecular weight is 324 g/mol. The zero-order valence-corrected chi connectivity index (χ0v) is 13.0. The number of carboxylic acid groups (broad SMARTS) is 1. The molecule has 0 spiro atoms. The molecule has 5 heteroatoms. The Kier molecular flexibility index (Phi) is 4.05. The summed E-state index contributed by atoms with van der Waals surface area (Å²) in [6.07, 6.45) is 5.84. The van der Waals surface area contributed by atoms with E-state index in [2.05, 4.69) is 4.98 Å². The zero-order valence-electron chi connectivity index (χ0n) is 11.5. The Morgan fingerprint density at radius 1 is 1.05 bits per heavy atom. The van der Waals surface area contributed by atoms with Gasteiger partial charge in [-0.1, -0.05) is 36.0 Å². The van der Waals surface area contributed by atoms with Gasteiger partial charge in [0.15, 0.2) is 0 Å². The molecule has 0 amide bonds. The van der Waals surface area contributed by atoms with Gasteiger partial charge < -0.3 is 5.11 Å². The number of carbonyl (C=O) groups is 1. The van der Waals surface area contributed by atoms with E-state index in [4.69, 9.17) is 23.2 Å². The van der Waals surface area contributed by atoms with Crippen LogP contribution in [0, 0.1) is 0 Å². The highest BCUT2D eigenvalue weighted by atomic mass is 35.5. The van der Waals surface area contributed by atoms with Crippen molar-refractivity contribution in [3.05, 3.63) is 39.0 Å². The molecule has 0 aliphatic heterocycles. The third-order valence-corrected chi connectivity index (χ3v) is 4.65. The monoisotopic (exact) mass is 323 g/mol. The van der Waals surface area contributed by atoms with E-state index < -0.39 is 5.97 Å². The lowest BCUT2D eigenvalue weighted by Gasteiger charge is -2.18. The van der Waals surface area contributed by atoms with E-state index in [0.29, 0.717) is 20.9 Å². The number of halogens is 2. The molecule has 3 nitrogen and oxygen atoms in total. The highest BCUT2D eigenvalue weighted by molar-refractivity contribution is 6.41. The summed E-state index contributed by atoms with van der Waals surface area (Å²) < 4.78 is 0. The molecule has 1 aromatic heterocycles. The Bertz CT molecular complexity index is 728. The van der Waals surface area contributed by atoms with Crippen LogP contribution in [-0.4, -0.2) is 16.1 Å². The Morgan fingerprint density at radius 3 is 2.43 bits per heavy atom. The molecule has 1 aliphatic carbocycles. The van der Waals surface area contributed by atoms with E-state index >= 15 is 0 Å². The Hall–Kier alpha value is -1.32. The summed E-state index contributed by atoms with van der Waals surface area (Å²) in [5.74, 6) is -0.955. The van der Waals surface area contributed by atoms with Crippen molar-refractivity contribution < 1.29 is 9.90 Å². The Labute approximate surface area is 132 Å². The number of nitrogens with zero attached hydrogens (tertiary/aromatic N) is 1. The van der Waals surface area contributed by atoms with Crippen LogP contribution in [0.5, 0.6) is 0 Å². The molecule has 0 fully saturated rings. The van der Waals surface area contributed by atoms with Crippen molar-refractivity contribution in [1.82, 2.24) is 4.98 Å². The minimum absolute atomic E-state index is 0.282. The van der Waals surface area contributed by atoms with E-state index in [1.54, 1.807) is 12.1 Å². The second-order valence-corrected chi connectivity index (χ2v) is 6.20. The lowest BCUT2D eigenvalue weighted by Crippen LogP contribution is -2.12. The molecule has 21 heavy (non-hydrogen) atoms. The largest absolute Gasteiger partial charge is 0.478 e. The maximum Gasteiger partial charge on any atom is 0.336 e. The summed E-state index contributed by atoms with van der Waals surface area (Å²) in [6, 6.07) is 3.30. The van der Waals surface area contributed by atoms with Gasteiger partial charge in [0.2, 0.25) is 0 Å². The number of hydrogen-bond donors (Lipinski definition) is 1. The van der Waals surface area contributed by atoms with Crippen molar-refractivity contribution in [2.75, 3.05) is 0 Å². The maximum atomic E-state index is 11.8. The van der Waals surface area contributed by atoms with Crippen molar-refractivity contribution in [2.24, 2.45) is 0 Å². The molecule has 1 N–H and O–H groups in total. The molecule has 2 aromatic rings. The van der Waals surface area contributed by atoms with Gasteiger partial charge in [0.25, 0.3) is 0 Å². The molecular weight excluding hydrogens is 309 g/mol. The smallest absolute Gasteiger partial charge is 0.336 e. The van der Waals surface area contributed by atoms with Crippen LogP contribution in [0.1, 0.15) is 47.3 Å². The van der Waals surface area contributed by atoms with Gasteiger partial charge in [-0.2, -0.15) is 0 Å². The van der Waals surface area contributed by atoms with E-state index in [1.807, 2.05) is 0 Å². The Morgan fingerprint density at radius 2 is 1.71 bits per heavy atom. The standard InChI is InChI=1S/C16H15Cl2NO2/c17-10-7-8-11(18)15-14(10)13(16(20)21)9-5-3-1-2-4-6-12(9)19-15/h7-8H,1-6H2,(H,20,21). The van der Waals surface area contributed by atoms with Crippen LogP contribution in [0.15, 0.2) is 12.1 Å². The average Bonchev–Trinajstić information content (AvgIpc) is 2.42. The zero-order chi connectivity index (χ0) is 15.0. The number of aromatic nitrogens is 1. The number of fused-ring (bicyclic) bond motifs is 2. The van der Waals surface area contributed by atoms with Gasteiger partial charge in [-0.3, -0.25) is 4.98 Å². The second kappa shape index (κ2) is 5.82. The van der Waals surface area contributed by atoms with E-state index in [9.17, 15) is 9.90 Å². The second-order valence-electron chi connectivity index (χ2n) is 5.38. The number of rotatable bonds is 1. The van der Waals surface area contributed by atoms with E-state index in [-0.39, 0.29) is 5.56 Å². The summed E-state index contributed by atoms with van der Waals surface area (Å²) in [4.78, 5) is 16.5. The van der Waals surface area contributed by atoms with Crippen LogP contribution in [0.25, 0.3) is 10.9 Å². The van der Waals surface area contributed by atoms with Gasteiger partial charge in [-0.15, -0.1) is 0 Å². The summed E-state index contributed by atoms with van der Waals surface area (Å²) >= 11 is 12.4. The normalized spacial score (nSPS) is 15.3. The number of aromatic carboxylic acids is 1. The van der Waals surface area contributed by atoms with Gasteiger partial charge >= 0.3 is 5.97 Å². The van der Waals surface area contributed by atoms with Crippen LogP contribution >= 0.6 is 23.2 Å². The first-order valence-electron chi connectivity index (χ1n) is 7.12. The highest BCUT2D eigenvalue weighted by Crippen LogP contribution is 2.35. The Balaban J connectivity index is 2.40. The lowest BCUT2D eigenvalue weighted by atomic mass is 9.91. The molecule has 1 aliphatic rings. The van der Waals surface area contributed by atoms with Crippen molar-refractivity contribution >= 4 is 40.1 Å². The fraction of sp³-hybridized carbons (Fsp3) is 0.375. The van der Waals surface area contributed by atoms with Gasteiger partial charge in [0.1, 0.15) is 0 Å². The number of benzene rings is 1. The van der Waals surface area contributed by atoms with Crippen LogP contribution in [0.4, 0.5) is 0 Å². The van der Waals surface area contributed by atoms with E-state index in [1.165, 1.54) is 0 Å².